The van der Waals surface area contributed by atoms with Crippen molar-refractivity contribution in [3.8, 4) is 0 Å². The average molecular weight is 542 g/mol. The molecule has 0 amide bonds. The van der Waals surface area contributed by atoms with E-state index in [0.29, 0.717) is 6.92 Å². The van der Waals surface area contributed by atoms with Crippen LogP contribution in [0.15, 0.2) is 23.8 Å². The summed E-state index contributed by atoms with van der Waals surface area (Å²) in [5.74, 6) is -59.4. The van der Waals surface area contributed by atoms with Crippen LogP contribution in [0.3, 0.4) is 0 Å². The Kier molecular flexibility index (Phi) is 6.57. The topological polar surface area (TPSA) is 37.3 Å². The first kappa shape index (κ1) is 30.0. The highest BCUT2D eigenvalue weighted by Crippen LogP contribution is 2.65. The van der Waals surface area contributed by atoms with Crippen LogP contribution in [0.4, 0.5) is 74.6 Å². The normalized spacial score (nSPS) is 22.2. The molecule has 1 aliphatic rings. The van der Waals surface area contributed by atoms with Gasteiger partial charge in [-0.1, -0.05) is 0 Å². The van der Waals surface area contributed by atoms with Gasteiger partial charge in [0.1, 0.15) is 0 Å². The zero-order valence-corrected chi connectivity index (χ0v) is 15.5. The van der Waals surface area contributed by atoms with E-state index in [9.17, 15) is 84.5 Å². The number of alkyl halides is 17. The predicted octanol–water partition coefficient (Wildman–Crippen LogP) is 5.81. The van der Waals surface area contributed by atoms with Crippen LogP contribution < -0.4 is 0 Å². The van der Waals surface area contributed by atoms with Crippen LogP contribution >= 0.6 is 0 Å². The fourth-order valence-corrected chi connectivity index (χ4v) is 2.39. The van der Waals surface area contributed by atoms with Gasteiger partial charge in [-0.15, -0.1) is 0 Å². The quantitative estimate of drug-likeness (QED) is 0.413. The Hall–Kier alpha value is -2.08. The molecule has 0 aliphatic heterocycles. The van der Waals surface area contributed by atoms with Gasteiger partial charge >= 0.3 is 47.6 Å². The zero-order valence-electron chi connectivity index (χ0n) is 15.5. The summed E-state index contributed by atoms with van der Waals surface area (Å²) in [4.78, 5) is 11.1. The van der Waals surface area contributed by atoms with E-state index in [4.69, 9.17) is 0 Å². The summed E-state index contributed by atoms with van der Waals surface area (Å²) in [6.45, 7) is 0.478. The third-order valence-electron chi connectivity index (χ3n) is 4.54. The van der Waals surface area contributed by atoms with Crippen molar-refractivity contribution in [3.63, 3.8) is 0 Å². The molecule has 19 heteroatoms. The minimum atomic E-state index is -8.76. The lowest BCUT2D eigenvalue weighted by Gasteiger charge is -2.45. The van der Waals surface area contributed by atoms with Crippen molar-refractivity contribution < 1.29 is 84.5 Å². The Labute approximate surface area is 175 Å². The molecule has 0 bridgehead atoms. The molecule has 0 aromatic carbocycles. The van der Waals surface area contributed by atoms with E-state index in [1.165, 1.54) is 0 Å². The second-order valence-corrected chi connectivity index (χ2v) is 6.87. The summed E-state index contributed by atoms with van der Waals surface area (Å²) in [6, 6.07) is 0. The van der Waals surface area contributed by atoms with Crippen molar-refractivity contribution >= 4 is 5.78 Å². The predicted molar refractivity (Wildman–Crippen MR) is 73.5 cm³/mol. The van der Waals surface area contributed by atoms with E-state index >= 15 is 0 Å². The number of ketones is 1. The fourth-order valence-electron chi connectivity index (χ4n) is 2.39. The van der Waals surface area contributed by atoms with Crippen LogP contribution in [0, 0.1) is 0 Å². The lowest BCUT2D eigenvalue weighted by molar-refractivity contribution is -0.465. The van der Waals surface area contributed by atoms with E-state index in [0.717, 1.165) is 0 Å². The standard InChI is InChI=1S/C15H7F17O2/c1-5-4-7(34,3-2-6(5)33)8(16,17)9(18,19)10(20,21)11(22,23)12(24,25)13(26,27)14(28,29)15(30,31)32/h2-4,34H,1H3. The molecule has 198 valence electrons. The van der Waals surface area contributed by atoms with Crippen molar-refractivity contribution in [1.82, 2.24) is 0 Å². The largest absolute Gasteiger partial charge is 0.460 e. The van der Waals surface area contributed by atoms with Gasteiger partial charge in [0.25, 0.3) is 0 Å². The van der Waals surface area contributed by atoms with Gasteiger partial charge in [-0.05, 0) is 30.7 Å². The van der Waals surface area contributed by atoms with Gasteiger partial charge in [-0.2, -0.15) is 74.6 Å². The molecule has 0 saturated heterocycles. The van der Waals surface area contributed by atoms with E-state index in [1.54, 1.807) is 0 Å². The maximum atomic E-state index is 14.1. The second kappa shape index (κ2) is 7.46. The lowest BCUT2D eigenvalue weighted by Crippen LogP contribution is -2.76. The van der Waals surface area contributed by atoms with Crippen LogP contribution in [0.1, 0.15) is 6.92 Å². The third kappa shape index (κ3) is 3.47. The van der Waals surface area contributed by atoms with Crippen molar-refractivity contribution in [1.29, 1.82) is 0 Å². The summed E-state index contributed by atoms with van der Waals surface area (Å²) in [5, 5.41) is 9.52. The smallest absolute Gasteiger partial charge is 0.375 e. The molecule has 1 atom stereocenters. The molecule has 0 spiro atoms. The summed E-state index contributed by atoms with van der Waals surface area (Å²) in [5.41, 5.74) is -5.99. The second-order valence-electron chi connectivity index (χ2n) is 6.87. The maximum Gasteiger partial charge on any atom is 0.460 e. The van der Waals surface area contributed by atoms with Gasteiger partial charge in [0.05, 0.1) is 0 Å². The van der Waals surface area contributed by atoms with Crippen LogP contribution in [-0.2, 0) is 4.79 Å². The van der Waals surface area contributed by atoms with E-state index < -0.39 is 76.7 Å². The summed E-state index contributed by atoms with van der Waals surface area (Å²) >= 11 is 0. The Morgan fingerprint density at radius 1 is 0.618 bits per heavy atom. The Morgan fingerprint density at radius 2 is 0.941 bits per heavy atom. The van der Waals surface area contributed by atoms with Crippen molar-refractivity contribution in [2.24, 2.45) is 0 Å². The van der Waals surface area contributed by atoms with Gasteiger partial charge in [-0.3, -0.25) is 4.79 Å². The van der Waals surface area contributed by atoms with Crippen LogP contribution in [0.5, 0.6) is 0 Å². The number of carbonyl (C=O) groups is 1. The summed E-state index contributed by atoms with van der Waals surface area (Å²) in [7, 11) is 0. The van der Waals surface area contributed by atoms with Crippen molar-refractivity contribution in [3.05, 3.63) is 23.8 Å². The molecule has 1 unspecified atom stereocenters. The monoisotopic (exact) mass is 542 g/mol. The number of hydrogen-bond acceptors (Lipinski definition) is 2. The van der Waals surface area contributed by atoms with E-state index in [1.807, 2.05) is 0 Å². The van der Waals surface area contributed by atoms with Crippen LogP contribution in [0.2, 0.25) is 0 Å². The lowest BCUT2D eigenvalue weighted by atomic mass is 9.80. The molecule has 0 heterocycles. The highest BCUT2D eigenvalue weighted by Gasteiger charge is 2.96. The minimum absolute atomic E-state index is 0.192. The molecule has 1 N–H and O–H groups in total. The maximum absolute atomic E-state index is 14.1. The van der Waals surface area contributed by atoms with Crippen LogP contribution in [0.25, 0.3) is 0 Å². The number of carbonyl (C=O) groups excluding carboxylic acids is 1. The average Bonchev–Trinajstić information content (AvgIpc) is 2.63. The highest BCUT2D eigenvalue weighted by atomic mass is 19.4. The molecule has 2 nitrogen and oxygen atoms in total. The summed E-state index contributed by atoms with van der Waals surface area (Å²) in [6.07, 6.45) is -9.37. The Bertz CT molecular complexity index is 895. The molecule has 0 radical (unpaired) electrons. The molecule has 0 aromatic heterocycles. The van der Waals surface area contributed by atoms with E-state index in [-0.39, 0.29) is 6.08 Å². The molecule has 0 fully saturated rings. The first-order chi connectivity index (χ1) is 14.5. The van der Waals surface area contributed by atoms with Gasteiger partial charge in [0.2, 0.25) is 0 Å². The molecule has 1 aliphatic carbocycles. The van der Waals surface area contributed by atoms with Crippen LogP contribution in [-0.4, -0.2) is 64.1 Å². The molecule has 34 heavy (non-hydrogen) atoms. The fraction of sp³-hybridized carbons (Fsp3) is 0.667. The first-order valence-electron chi connectivity index (χ1n) is 7.88. The Balaban J connectivity index is 3.76. The molecule has 0 aromatic rings. The SMILES string of the molecule is CC1=CC(O)(C(F)(F)C(F)(F)C(F)(F)C(F)(F)C(F)(F)C(F)(F)C(F)(F)C(F)(F)F)C=CC1=O. The minimum Gasteiger partial charge on any atom is -0.375 e. The number of aliphatic hydroxyl groups is 1. The third-order valence-corrected chi connectivity index (χ3v) is 4.54. The number of allylic oxidation sites excluding steroid dienone is 2. The van der Waals surface area contributed by atoms with Gasteiger partial charge in [0, 0.05) is 0 Å². The van der Waals surface area contributed by atoms with Crippen molar-refractivity contribution in [2.45, 2.75) is 60.2 Å². The molecular formula is C15H7F17O2. The van der Waals surface area contributed by atoms with Crippen molar-refractivity contribution in [2.75, 3.05) is 0 Å². The number of hydrogen-bond donors (Lipinski definition) is 1. The molecule has 0 saturated carbocycles. The number of rotatable bonds is 7. The zero-order chi connectivity index (χ0) is 27.8. The summed E-state index contributed by atoms with van der Waals surface area (Å²) < 4.78 is 225. The molecular weight excluding hydrogens is 535 g/mol. The highest BCUT2D eigenvalue weighted by molar-refractivity contribution is 6.04. The number of halogens is 17. The first-order valence-corrected chi connectivity index (χ1v) is 7.88. The van der Waals surface area contributed by atoms with Gasteiger partial charge < -0.3 is 5.11 Å². The Morgan fingerprint density at radius 3 is 1.26 bits per heavy atom. The van der Waals surface area contributed by atoms with Gasteiger partial charge in [0.15, 0.2) is 11.4 Å². The molecule has 1 rings (SSSR count). The van der Waals surface area contributed by atoms with E-state index in [2.05, 4.69) is 0 Å². The van der Waals surface area contributed by atoms with Gasteiger partial charge in [-0.25, -0.2) is 0 Å².